The highest BCUT2D eigenvalue weighted by molar-refractivity contribution is 14.0. The van der Waals surface area contributed by atoms with Crippen molar-refractivity contribution in [3.63, 3.8) is 0 Å². The van der Waals surface area contributed by atoms with E-state index < -0.39 is 0 Å². The normalized spacial score (nSPS) is 18.5. The van der Waals surface area contributed by atoms with Gasteiger partial charge in [0.15, 0.2) is 5.96 Å². The van der Waals surface area contributed by atoms with Gasteiger partial charge in [-0.2, -0.15) is 0 Å². The molecule has 7 nitrogen and oxygen atoms in total. The lowest BCUT2D eigenvalue weighted by atomic mass is 9.99. The van der Waals surface area contributed by atoms with E-state index in [9.17, 15) is 4.79 Å². The highest BCUT2D eigenvalue weighted by Crippen LogP contribution is 2.24. The topological polar surface area (TPSA) is 76.1 Å². The zero-order valence-electron chi connectivity index (χ0n) is 17.6. The molecule has 2 aromatic rings. The maximum absolute atomic E-state index is 11.9. The van der Waals surface area contributed by atoms with Crippen LogP contribution in [-0.4, -0.2) is 49.1 Å². The van der Waals surface area contributed by atoms with Gasteiger partial charge in [0.1, 0.15) is 12.4 Å². The Bertz CT molecular complexity index is 847. The monoisotopic (exact) mass is 524 g/mol. The second kappa shape index (κ2) is 11.7. The molecule has 2 atom stereocenters. The molecule has 3 rings (SSSR count). The molecular formula is C22H29IN4O3. The standard InChI is InChI=1S/C22H28N4O3.HI/c1-16-13-26(14-20(16)21(27)28-3)22(23-2)25-12-17-7-6-9-19(11-17)29-15-18-8-4-5-10-24-18;/h4-11,16,20H,12-15H2,1-3H3,(H,23,25);1H. The van der Waals surface area contributed by atoms with E-state index in [1.807, 2.05) is 42.5 Å². The Morgan fingerprint density at radius 3 is 2.80 bits per heavy atom. The predicted octanol–water partition coefficient (Wildman–Crippen LogP) is 3.09. The number of ether oxygens (including phenoxy) is 2. The van der Waals surface area contributed by atoms with Crippen molar-refractivity contribution in [3.05, 3.63) is 59.9 Å². The number of likely N-dealkylation sites (tertiary alicyclic amines) is 1. The summed E-state index contributed by atoms with van der Waals surface area (Å²) >= 11 is 0. The van der Waals surface area contributed by atoms with Crippen molar-refractivity contribution in [3.8, 4) is 5.75 Å². The van der Waals surface area contributed by atoms with Crippen LogP contribution in [0.3, 0.4) is 0 Å². The van der Waals surface area contributed by atoms with Crippen LogP contribution in [0.2, 0.25) is 0 Å². The van der Waals surface area contributed by atoms with Crippen LogP contribution in [-0.2, 0) is 22.7 Å². The van der Waals surface area contributed by atoms with Gasteiger partial charge in [0.05, 0.1) is 18.7 Å². The Morgan fingerprint density at radius 2 is 2.10 bits per heavy atom. The molecule has 0 bridgehead atoms. The number of methoxy groups -OCH3 is 1. The van der Waals surface area contributed by atoms with E-state index in [1.54, 1.807) is 13.2 Å². The van der Waals surface area contributed by atoms with Gasteiger partial charge in [-0.25, -0.2) is 0 Å². The molecule has 162 valence electrons. The first-order valence-corrected chi connectivity index (χ1v) is 9.75. The number of hydrogen-bond donors (Lipinski definition) is 1. The first kappa shape index (κ1) is 23.9. The molecular weight excluding hydrogens is 495 g/mol. The number of halogens is 1. The van der Waals surface area contributed by atoms with Crippen LogP contribution < -0.4 is 10.1 Å². The van der Waals surface area contributed by atoms with Crippen LogP contribution in [0.1, 0.15) is 18.2 Å². The summed E-state index contributed by atoms with van der Waals surface area (Å²) in [6.45, 7) is 4.49. The largest absolute Gasteiger partial charge is 0.487 e. The quantitative estimate of drug-likeness (QED) is 0.271. The molecule has 1 aliphatic rings. The Labute approximate surface area is 194 Å². The van der Waals surface area contributed by atoms with Crippen LogP contribution in [0, 0.1) is 11.8 Å². The van der Waals surface area contributed by atoms with Crippen molar-refractivity contribution < 1.29 is 14.3 Å². The van der Waals surface area contributed by atoms with Gasteiger partial charge >= 0.3 is 5.97 Å². The summed E-state index contributed by atoms with van der Waals surface area (Å²) in [7, 11) is 3.19. The third kappa shape index (κ3) is 6.32. The summed E-state index contributed by atoms with van der Waals surface area (Å²) in [5, 5.41) is 3.38. The molecule has 2 heterocycles. The van der Waals surface area contributed by atoms with Crippen molar-refractivity contribution in [2.24, 2.45) is 16.8 Å². The second-order valence-electron chi connectivity index (χ2n) is 7.17. The van der Waals surface area contributed by atoms with E-state index in [2.05, 4.69) is 27.1 Å². The smallest absolute Gasteiger partial charge is 0.310 e. The molecule has 8 heteroatoms. The molecule has 1 aromatic carbocycles. The molecule has 1 fully saturated rings. The molecule has 0 aliphatic carbocycles. The van der Waals surface area contributed by atoms with Crippen LogP contribution >= 0.6 is 24.0 Å². The summed E-state index contributed by atoms with van der Waals surface area (Å²) in [6, 6.07) is 13.7. The summed E-state index contributed by atoms with van der Waals surface area (Å²) < 4.78 is 10.8. The fraction of sp³-hybridized carbons (Fsp3) is 0.409. The van der Waals surface area contributed by atoms with Crippen molar-refractivity contribution in [1.29, 1.82) is 0 Å². The molecule has 0 amide bonds. The summed E-state index contributed by atoms with van der Waals surface area (Å²) in [5.74, 6) is 1.52. The number of pyridine rings is 1. The number of aromatic nitrogens is 1. The zero-order chi connectivity index (χ0) is 20.6. The Kier molecular flexibility index (Phi) is 9.35. The number of esters is 1. The fourth-order valence-electron chi connectivity index (χ4n) is 3.50. The van der Waals surface area contributed by atoms with E-state index in [1.165, 1.54) is 7.11 Å². The van der Waals surface area contributed by atoms with Gasteiger partial charge in [-0.15, -0.1) is 24.0 Å². The molecule has 0 saturated carbocycles. The number of guanidine groups is 1. The Morgan fingerprint density at radius 1 is 1.27 bits per heavy atom. The number of nitrogens with zero attached hydrogens (tertiary/aromatic N) is 3. The molecule has 1 aromatic heterocycles. The second-order valence-corrected chi connectivity index (χ2v) is 7.17. The molecule has 2 unspecified atom stereocenters. The van der Waals surface area contributed by atoms with Gasteiger partial charge < -0.3 is 19.7 Å². The van der Waals surface area contributed by atoms with E-state index >= 15 is 0 Å². The number of carbonyl (C=O) groups is 1. The van der Waals surface area contributed by atoms with E-state index in [4.69, 9.17) is 9.47 Å². The lowest BCUT2D eigenvalue weighted by Gasteiger charge is -2.21. The van der Waals surface area contributed by atoms with Gasteiger partial charge in [-0.3, -0.25) is 14.8 Å². The van der Waals surface area contributed by atoms with E-state index in [-0.39, 0.29) is 41.8 Å². The number of benzene rings is 1. The SMILES string of the molecule is CN=C(NCc1cccc(OCc2ccccn2)c1)N1CC(C)C(C(=O)OC)C1.I. The minimum atomic E-state index is -0.159. The van der Waals surface area contributed by atoms with Crippen molar-refractivity contribution in [1.82, 2.24) is 15.2 Å². The number of hydrogen-bond acceptors (Lipinski definition) is 5. The molecule has 30 heavy (non-hydrogen) atoms. The maximum Gasteiger partial charge on any atom is 0.310 e. The third-order valence-electron chi connectivity index (χ3n) is 5.09. The van der Waals surface area contributed by atoms with Crippen LogP contribution in [0.5, 0.6) is 5.75 Å². The summed E-state index contributed by atoms with van der Waals surface area (Å²) in [4.78, 5) is 22.7. The number of rotatable bonds is 6. The highest BCUT2D eigenvalue weighted by Gasteiger charge is 2.36. The Balaban J connectivity index is 0.00000320. The molecule has 1 saturated heterocycles. The van der Waals surface area contributed by atoms with Crippen LogP contribution in [0.25, 0.3) is 0 Å². The van der Waals surface area contributed by atoms with Crippen LogP contribution in [0.15, 0.2) is 53.7 Å². The van der Waals surface area contributed by atoms with Gasteiger partial charge in [0.2, 0.25) is 0 Å². The molecule has 1 aliphatic heterocycles. The van der Waals surface area contributed by atoms with Crippen molar-refractivity contribution in [2.75, 3.05) is 27.2 Å². The fourth-order valence-corrected chi connectivity index (χ4v) is 3.50. The van der Waals surface area contributed by atoms with E-state index in [0.29, 0.717) is 19.7 Å². The van der Waals surface area contributed by atoms with E-state index in [0.717, 1.165) is 29.5 Å². The Hall–Kier alpha value is -2.36. The highest BCUT2D eigenvalue weighted by atomic mass is 127. The predicted molar refractivity (Wildman–Crippen MR) is 127 cm³/mol. The molecule has 1 N–H and O–H groups in total. The van der Waals surface area contributed by atoms with Gasteiger partial charge in [0.25, 0.3) is 0 Å². The maximum atomic E-state index is 11.9. The lowest BCUT2D eigenvalue weighted by Crippen LogP contribution is -2.40. The lowest BCUT2D eigenvalue weighted by molar-refractivity contribution is -0.145. The number of nitrogens with one attached hydrogen (secondary N) is 1. The first-order chi connectivity index (χ1) is 14.1. The minimum Gasteiger partial charge on any atom is -0.487 e. The first-order valence-electron chi connectivity index (χ1n) is 9.75. The molecule has 0 radical (unpaired) electrons. The zero-order valence-corrected chi connectivity index (χ0v) is 19.9. The average molecular weight is 524 g/mol. The van der Waals surface area contributed by atoms with Crippen molar-refractivity contribution in [2.45, 2.75) is 20.1 Å². The average Bonchev–Trinajstić information content (AvgIpc) is 3.14. The third-order valence-corrected chi connectivity index (χ3v) is 5.09. The van der Waals surface area contributed by atoms with Gasteiger partial charge in [-0.05, 0) is 35.7 Å². The van der Waals surface area contributed by atoms with Crippen molar-refractivity contribution >= 4 is 35.9 Å². The minimum absolute atomic E-state index is 0. The van der Waals surface area contributed by atoms with Crippen LogP contribution in [0.4, 0.5) is 0 Å². The van der Waals surface area contributed by atoms with Gasteiger partial charge in [0, 0.05) is 32.9 Å². The van der Waals surface area contributed by atoms with Gasteiger partial charge in [-0.1, -0.05) is 25.1 Å². The molecule has 0 spiro atoms. The summed E-state index contributed by atoms with van der Waals surface area (Å²) in [6.07, 6.45) is 1.76. The number of aliphatic imine (C=N–C) groups is 1. The summed E-state index contributed by atoms with van der Waals surface area (Å²) in [5.41, 5.74) is 1.97. The number of carbonyl (C=O) groups excluding carboxylic acids is 1.